The van der Waals surface area contributed by atoms with Gasteiger partial charge in [0.05, 0.1) is 12.2 Å². The lowest BCUT2D eigenvalue weighted by atomic mass is 9.99. The van der Waals surface area contributed by atoms with E-state index in [1.54, 1.807) is 24.3 Å². The Bertz CT molecular complexity index is 926. The van der Waals surface area contributed by atoms with E-state index in [4.69, 9.17) is 17.8 Å². The minimum atomic E-state index is -3.40. The molecular formula is C22H31N3O6S. The summed E-state index contributed by atoms with van der Waals surface area (Å²) in [4.78, 5) is 11.1. The summed E-state index contributed by atoms with van der Waals surface area (Å²) in [5.41, 5.74) is 1.68. The molecule has 1 aromatic carbocycles. The van der Waals surface area contributed by atoms with Gasteiger partial charge in [-0.1, -0.05) is 12.1 Å². The molecule has 0 aliphatic carbocycles. The lowest BCUT2D eigenvalue weighted by molar-refractivity contribution is 0.0467. The van der Waals surface area contributed by atoms with Gasteiger partial charge in [-0.15, -0.1) is 0 Å². The number of ether oxygens (including phenoxy) is 2. The minimum Gasteiger partial charge on any atom is -0.474 e. The summed E-state index contributed by atoms with van der Waals surface area (Å²) in [5, 5.41) is 0. The average Bonchev–Trinajstić information content (AvgIpc) is 3.11. The van der Waals surface area contributed by atoms with Crippen LogP contribution in [0.3, 0.4) is 0 Å². The third kappa shape index (κ3) is 5.51. The SMILES string of the molecule is Cc1c(Oc2ccc(C3COS(O)(O)O3)cc2)ncnc1OC1CCN(C(C)(C)C)CC1. The van der Waals surface area contributed by atoms with Crippen LogP contribution in [0.2, 0.25) is 0 Å². The van der Waals surface area contributed by atoms with Crippen molar-refractivity contribution >= 4 is 11.2 Å². The largest absolute Gasteiger partial charge is 0.474 e. The van der Waals surface area contributed by atoms with Crippen molar-refractivity contribution in [1.82, 2.24) is 14.9 Å². The Morgan fingerprint density at radius 3 is 2.31 bits per heavy atom. The topological polar surface area (TPSA) is 106 Å². The Morgan fingerprint density at radius 2 is 1.72 bits per heavy atom. The molecule has 2 N–H and O–H groups in total. The zero-order chi connectivity index (χ0) is 22.9. The second kappa shape index (κ2) is 9.12. The highest BCUT2D eigenvalue weighted by atomic mass is 32.3. The molecule has 9 nitrogen and oxygen atoms in total. The molecule has 0 radical (unpaired) electrons. The van der Waals surface area contributed by atoms with Crippen molar-refractivity contribution < 1.29 is 26.9 Å². The minimum absolute atomic E-state index is 0.0862. The van der Waals surface area contributed by atoms with E-state index in [0.29, 0.717) is 17.5 Å². The maximum absolute atomic E-state index is 9.44. The monoisotopic (exact) mass is 465 g/mol. The highest BCUT2D eigenvalue weighted by Crippen LogP contribution is 2.52. The Balaban J connectivity index is 1.38. The molecule has 2 fully saturated rings. The standard InChI is InChI=1S/C22H31N3O6S/c1-15-20(29-17-7-5-16(6-8-17)19-13-28-32(26,27)31-19)23-14-24-21(15)30-18-9-11-25(12-10-18)22(2,3)4/h5-8,14,18-19,26-27H,9-13H2,1-4H3. The molecule has 32 heavy (non-hydrogen) atoms. The van der Waals surface area contributed by atoms with Crippen LogP contribution in [0.15, 0.2) is 30.6 Å². The average molecular weight is 466 g/mol. The van der Waals surface area contributed by atoms with E-state index in [-0.39, 0.29) is 18.2 Å². The number of aromatic nitrogens is 2. The van der Waals surface area contributed by atoms with E-state index in [9.17, 15) is 9.11 Å². The Hall–Kier alpha value is -1.95. The van der Waals surface area contributed by atoms with Gasteiger partial charge in [0.15, 0.2) is 0 Å². The predicted octanol–water partition coefficient (Wildman–Crippen LogP) is 4.89. The Morgan fingerprint density at radius 1 is 1.06 bits per heavy atom. The lowest BCUT2D eigenvalue weighted by Crippen LogP contribution is -2.48. The van der Waals surface area contributed by atoms with Gasteiger partial charge in [-0.25, -0.2) is 9.97 Å². The molecule has 2 aromatic rings. The van der Waals surface area contributed by atoms with Crippen LogP contribution in [-0.2, 0) is 8.37 Å². The molecule has 0 saturated carbocycles. The van der Waals surface area contributed by atoms with Crippen molar-refractivity contribution in [2.75, 3.05) is 19.7 Å². The van der Waals surface area contributed by atoms with Gasteiger partial charge in [0.25, 0.3) is 0 Å². The first-order chi connectivity index (χ1) is 15.1. The summed E-state index contributed by atoms with van der Waals surface area (Å²) in [6.07, 6.45) is 2.95. The summed E-state index contributed by atoms with van der Waals surface area (Å²) >= 11 is -3.40. The molecule has 3 heterocycles. The Labute approximate surface area is 190 Å². The van der Waals surface area contributed by atoms with Crippen LogP contribution >= 0.6 is 11.2 Å². The summed E-state index contributed by atoms with van der Waals surface area (Å²) in [7, 11) is 0. The number of nitrogens with zero attached hydrogens (tertiary/aromatic N) is 3. The number of benzene rings is 1. The summed E-state index contributed by atoms with van der Waals surface area (Å²) in [5.74, 6) is 1.57. The van der Waals surface area contributed by atoms with Crippen molar-refractivity contribution in [3.8, 4) is 17.5 Å². The molecule has 1 unspecified atom stereocenters. The van der Waals surface area contributed by atoms with Gasteiger partial charge in [-0.05, 0) is 58.2 Å². The first-order valence-electron chi connectivity index (χ1n) is 10.7. The van der Waals surface area contributed by atoms with E-state index in [2.05, 4.69) is 35.6 Å². The zero-order valence-electron chi connectivity index (χ0n) is 18.9. The van der Waals surface area contributed by atoms with Crippen molar-refractivity contribution in [3.63, 3.8) is 0 Å². The number of piperidine rings is 1. The smallest absolute Gasteiger partial charge is 0.229 e. The summed E-state index contributed by atoms with van der Waals surface area (Å²) in [6.45, 7) is 10.7. The van der Waals surface area contributed by atoms with Gasteiger partial charge in [0.2, 0.25) is 22.9 Å². The van der Waals surface area contributed by atoms with Crippen molar-refractivity contribution in [2.45, 2.75) is 58.3 Å². The van der Waals surface area contributed by atoms with Gasteiger partial charge in [0.1, 0.15) is 24.3 Å². The van der Waals surface area contributed by atoms with E-state index in [1.165, 1.54) is 6.33 Å². The second-order valence-corrected chi connectivity index (χ2v) is 10.4. The van der Waals surface area contributed by atoms with Crippen molar-refractivity contribution in [3.05, 3.63) is 41.7 Å². The van der Waals surface area contributed by atoms with Crippen LogP contribution in [0, 0.1) is 6.92 Å². The van der Waals surface area contributed by atoms with Crippen LogP contribution in [0.1, 0.15) is 50.8 Å². The van der Waals surface area contributed by atoms with Crippen LogP contribution in [0.5, 0.6) is 17.5 Å². The first kappa shape index (κ1) is 23.2. The van der Waals surface area contributed by atoms with Gasteiger partial charge < -0.3 is 9.47 Å². The molecule has 2 aliphatic heterocycles. The third-order valence-corrected chi connectivity index (χ3v) is 6.67. The molecule has 0 bridgehead atoms. The fourth-order valence-electron chi connectivity index (χ4n) is 3.81. The van der Waals surface area contributed by atoms with Crippen molar-refractivity contribution in [1.29, 1.82) is 0 Å². The summed E-state index contributed by atoms with van der Waals surface area (Å²) < 4.78 is 41.0. The molecule has 2 saturated heterocycles. The number of rotatable bonds is 5. The molecule has 1 aromatic heterocycles. The maximum Gasteiger partial charge on any atom is 0.229 e. The van der Waals surface area contributed by atoms with Gasteiger partial charge in [0, 0.05) is 18.6 Å². The summed E-state index contributed by atoms with van der Waals surface area (Å²) in [6, 6.07) is 7.13. The number of hydrogen-bond acceptors (Lipinski definition) is 9. The van der Waals surface area contributed by atoms with Crippen LogP contribution in [-0.4, -0.2) is 55.3 Å². The van der Waals surface area contributed by atoms with E-state index in [1.807, 2.05) is 6.92 Å². The molecule has 0 amide bonds. The van der Waals surface area contributed by atoms with Gasteiger partial charge in [-0.2, -0.15) is 0 Å². The predicted molar refractivity (Wildman–Crippen MR) is 121 cm³/mol. The molecule has 10 heteroatoms. The van der Waals surface area contributed by atoms with Crippen molar-refractivity contribution in [2.24, 2.45) is 0 Å². The third-order valence-electron chi connectivity index (χ3n) is 5.74. The van der Waals surface area contributed by atoms with E-state index >= 15 is 0 Å². The Kier molecular flexibility index (Phi) is 6.62. The second-order valence-electron chi connectivity index (χ2n) is 9.07. The highest BCUT2D eigenvalue weighted by molar-refractivity contribution is 8.16. The molecule has 4 rings (SSSR count). The van der Waals surface area contributed by atoms with E-state index in [0.717, 1.165) is 37.1 Å². The molecular weight excluding hydrogens is 434 g/mol. The van der Waals surface area contributed by atoms with Gasteiger partial charge in [-0.3, -0.25) is 22.4 Å². The molecule has 0 spiro atoms. The maximum atomic E-state index is 9.44. The fraction of sp³-hybridized carbons (Fsp3) is 0.545. The number of hydrogen-bond donors (Lipinski definition) is 2. The quantitative estimate of drug-likeness (QED) is 0.638. The van der Waals surface area contributed by atoms with E-state index < -0.39 is 17.3 Å². The zero-order valence-corrected chi connectivity index (χ0v) is 19.7. The van der Waals surface area contributed by atoms with Crippen LogP contribution < -0.4 is 9.47 Å². The number of likely N-dealkylation sites (tertiary alicyclic amines) is 1. The molecule has 2 aliphatic rings. The first-order valence-corrected chi connectivity index (χ1v) is 12.1. The molecule has 176 valence electrons. The highest BCUT2D eigenvalue weighted by Gasteiger charge is 2.35. The lowest BCUT2D eigenvalue weighted by Gasteiger charge is -2.40. The molecule has 1 atom stereocenters. The fourth-order valence-corrected chi connectivity index (χ4v) is 4.64. The van der Waals surface area contributed by atoms with Gasteiger partial charge >= 0.3 is 0 Å². The normalized spacial score (nSPS) is 23.1. The van der Waals surface area contributed by atoms with Crippen LogP contribution in [0.4, 0.5) is 0 Å². The van der Waals surface area contributed by atoms with Crippen LogP contribution in [0.25, 0.3) is 0 Å².